The molecule has 0 aromatic heterocycles. The molecule has 4 aromatic carbocycles. The van der Waals surface area contributed by atoms with Gasteiger partial charge in [-0.25, -0.2) is 0 Å². The lowest BCUT2D eigenvalue weighted by molar-refractivity contribution is 0.131. The lowest BCUT2D eigenvalue weighted by Gasteiger charge is -2.22. The van der Waals surface area contributed by atoms with Gasteiger partial charge in [-0.3, -0.25) is 0 Å². The second-order valence-corrected chi connectivity index (χ2v) is 8.51. The number of hydrogen-bond acceptors (Lipinski definition) is 4. The van der Waals surface area contributed by atoms with Gasteiger partial charge >= 0.3 is 0 Å². The van der Waals surface area contributed by atoms with E-state index in [4.69, 9.17) is 9.47 Å². The standard InChI is InChI=1S/C30H26N2O2/c1-21-17-22(2)34-30-16-14-26(24-11-7-4-8-12-24)19-28(30)32-20-31-27-18-25(13-15-29(27)33-21)23-9-5-3-6-10-23/h3-16,18-19,21-22H,17H2,1-2H3. The van der Waals surface area contributed by atoms with E-state index in [1.54, 1.807) is 0 Å². The molecule has 1 aliphatic heterocycles. The quantitative estimate of drug-likeness (QED) is 0.312. The van der Waals surface area contributed by atoms with Gasteiger partial charge in [0.05, 0.1) is 12.2 Å². The van der Waals surface area contributed by atoms with Crippen molar-refractivity contribution < 1.29 is 9.47 Å². The van der Waals surface area contributed by atoms with Crippen LogP contribution in [0.2, 0.25) is 0 Å². The molecule has 0 N–H and O–H groups in total. The molecule has 4 aromatic rings. The number of rotatable bonds is 2. The van der Waals surface area contributed by atoms with Crippen molar-refractivity contribution in [2.45, 2.75) is 32.5 Å². The average Bonchev–Trinajstić information content (AvgIpc) is 2.86. The molecule has 1 heterocycles. The summed E-state index contributed by atoms with van der Waals surface area (Å²) in [6.45, 7) is 4.11. The first-order valence-corrected chi connectivity index (χ1v) is 11.5. The largest absolute Gasteiger partial charge is 0.488 e. The highest BCUT2D eigenvalue weighted by atomic mass is 16.5. The lowest BCUT2D eigenvalue weighted by atomic mass is 10.0. The molecule has 34 heavy (non-hydrogen) atoms. The van der Waals surface area contributed by atoms with Crippen LogP contribution in [0.25, 0.3) is 22.3 Å². The van der Waals surface area contributed by atoms with Crippen LogP contribution >= 0.6 is 0 Å². The summed E-state index contributed by atoms with van der Waals surface area (Å²) < 4.78 is 12.5. The zero-order chi connectivity index (χ0) is 23.3. The molecule has 168 valence electrons. The van der Waals surface area contributed by atoms with Crippen LogP contribution in [0.15, 0.2) is 107 Å². The molecule has 0 radical (unpaired) electrons. The number of aliphatic imine (C=N–C) groups is 2. The molecule has 2 atom stereocenters. The maximum Gasteiger partial charge on any atom is 0.146 e. The van der Waals surface area contributed by atoms with Crippen molar-refractivity contribution in [3.63, 3.8) is 0 Å². The van der Waals surface area contributed by atoms with Gasteiger partial charge in [0.25, 0.3) is 0 Å². The van der Waals surface area contributed by atoms with E-state index in [2.05, 4.69) is 66.2 Å². The highest BCUT2D eigenvalue weighted by Gasteiger charge is 2.17. The topological polar surface area (TPSA) is 43.2 Å². The zero-order valence-corrected chi connectivity index (χ0v) is 19.3. The van der Waals surface area contributed by atoms with Crippen LogP contribution in [0, 0.1) is 0 Å². The summed E-state index contributed by atoms with van der Waals surface area (Å²) in [7, 11) is 0. The van der Waals surface area contributed by atoms with Crippen LogP contribution in [-0.4, -0.2) is 18.2 Å². The number of fused-ring (bicyclic) bond motifs is 2. The van der Waals surface area contributed by atoms with Crippen molar-refractivity contribution in [3.05, 3.63) is 97.1 Å². The Hall–Kier alpha value is -4.14. The number of benzene rings is 4. The fourth-order valence-corrected chi connectivity index (χ4v) is 4.16. The summed E-state index contributed by atoms with van der Waals surface area (Å²) in [4.78, 5) is 9.13. The molecule has 1 aliphatic rings. The first kappa shape index (κ1) is 21.7. The Morgan fingerprint density at radius 2 is 1.03 bits per heavy atom. The first-order chi connectivity index (χ1) is 16.7. The fraction of sp³-hybridized carbons (Fsp3) is 0.167. The van der Waals surface area contributed by atoms with Gasteiger partial charge in [-0.2, -0.15) is 9.98 Å². The molecule has 0 fully saturated rings. The zero-order valence-electron chi connectivity index (χ0n) is 19.3. The minimum atomic E-state index is -0.0464. The molecule has 0 amide bonds. The van der Waals surface area contributed by atoms with E-state index in [1.165, 1.54) is 0 Å². The van der Waals surface area contributed by atoms with E-state index in [-0.39, 0.29) is 12.2 Å². The van der Waals surface area contributed by atoms with Crippen LogP contribution < -0.4 is 9.47 Å². The Morgan fingerprint density at radius 1 is 0.588 bits per heavy atom. The molecule has 0 bridgehead atoms. The van der Waals surface area contributed by atoms with E-state index in [1.807, 2.05) is 60.7 Å². The van der Waals surface area contributed by atoms with Gasteiger partial charge in [-0.1, -0.05) is 72.8 Å². The molecular weight excluding hydrogens is 420 g/mol. The second kappa shape index (κ2) is 9.78. The van der Waals surface area contributed by atoms with Crippen LogP contribution in [0.1, 0.15) is 20.3 Å². The average molecular weight is 447 g/mol. The van der Waals surface area contributed by atoms with Gasteiger partial charge in [0.15, 0.2) is 0 Å². The monoisotopic (exact) mass is 446 g/mol. The number of hydrogen-bond donors (Lipinski definition) is 0. The van der Waals surface area contributed by atoms with Crippen molar-refractivity contribution in [1.82, 2.24) is 0 Å². The molecule has 5 rings (SSSR count). The maximum atomic E-state index is 6.24. The Bertz CT molecular complexity index is 1240. The third-order valence-corrected chi connectivity index (χ3v) is 5.79. The van der Waals surface area contributed by atoms with Crippen molar-refractivity contribution in [2.75, 3.05) is 0 Å². The van der Waals surface area contributed by atoms with Crippen LogP contribution in [0.4, 0.5) is 11.4 Å². The highest BCUT2D eigenvalue weighted by Crippen LogP contribution is 2.36. The highest BCUT2D eigenvalue weighted by molar-refractivity contribution is 5.75. The van der Waals surface area contributed by atoms with Crippen molar-refractivity contribution in [2.24, 2.45) is 9.98 Å². The van der Waals surface area contributed by atoms with Crippen LogP contribution in [-0.2, 0) is 0 Å². The second-order valence-electron chi connectivity index (χ2n) is 8.51. The van der Waals surface area contributed by atoms with Crippen molar-refractivity contribution >= 4 is 17.4 Å². The smallest absolute Gasteiger partial charge is 0.146 e. The molecule has 4 heteroatoms. The molecule has 0 spiro atoms. The predicted molar refractivity (Wildman–Crippen MR) is 138 cm³/mol. The summed E-state index contributed by atoms with van der Waals surface area (Å²) in [6, 6.07) is 35.5. The number of nitrogens with zero attached hydrogens (tertiary/aromatic N) is 2. The van der Waals surface area contributed by atoms with Gasteiger partial charge in [-0.05, 0) is 60.4 Å². The molecule has 0 aliphatic carbocycles. The molecule has 0 saturated heterocycles. The van der Waals surface area contributed by atoms with E-state index in [0.29, 0.717) is 22.9 Å². The van der Waals surface area contributed by atoms with Crippen LogP contribution in [0.3, 0.4) is 0 Å². The summed E-state index contributed by atoms with van der Waals surface area (Å²) in [6.07, 6.45) is 0.637. The van der Waals surface area contributed by atoms with Gasteiger partial charge in [0.1, 0.15) is 28.9 Å². The third kappa shape index (κ3) is 4.93. The predicted octanol–water partition coefficient (Wildman–Crippen LogP) is 8.10. The summed E-state index contributed by atoms with van der Waals surface area (Å²) >= 11 is 0. The number of ether oxygens (including phenoxy) is 2. The lowest BCUT2D eigenvalue weighted by Crippen LogP contribution is -2.23. The van der Waals surface area contributed by atoms with Gasteiger partial charge < -0.3 is 9.47 Å². The van der Waals surface area contributed by atoms with Crippen molar-refractivity contribution in [3.8, 4) is 33.8 Å². The minimum absolute atomic E-state index is 0.0464. The maximum absolute atomic E-state index is 6.24. The Balaban J connectivity index is 1.59. The third-order valence-electron chi connectivity index (χ3n) is 5.79. The van der Waals surface area contributed by atoms with E-state index >= 15 is 0 Å². The normalized spacial score (nSPS) is 17.4. The molecular formula is C30H26N2O2. The molecule has 4 nitrogen and oxygen atoms in total. The van der Waals surface area contributed by atoms with Gasteiger partial charge in [0.2, 0.25) is 0 Å². The first-order valence-electron chi connectivity index (χ1n) is 11.5. The summed E-state index contributed by atoms with van der Waals surface area (Å²) in [5, 5.41) is 0. The molecule has 0 saturated carbocycles. The Kier molecular flexibility index (Phi) is 6.24. The minimum Gasteiger partial charge on any atom is -0.488 e. The summed E-state index contributed by atoms with van der Waals surface area (Å²) in [5.41, 5.74) is 5.78. The van der Waals surface area contributed by atoms with Crippen LogP contribution in [0.5, 0.6) is 11.5 Å². The Labute approximate surface area is 200 Å². The van der Waals surface area contributed by atoms with E-state index in [9.17, 15) is 0 Å². The van der Waals surface area contributed by atoms with E-state index in [0.717, 1.165) is 28.7 Å². The molecule has 2 unspecified atom stereocenters. The van der Waals surface area contributed by atoms with Crippen molar-refractivity contribution in [1.29, 1.82) is 0 Å². The van der Waals surface area contributed by atoms with Gasteiger partial charge in [-0.15, -0.1) is 0 Å². The SMILES string of the molecule is CC1CC(C)Oc2ccc(-c3ccccc3)cc2N=C=Nc2cc(-c3ccccc3)ccc2O1. The van der Waals surface area contributed by atoms with Gasteiger partial charge in [0, 0.05) is 6.42 Å². The summed E-state index contributed by atoms with van der Waals surface area (Å²) in [5.74, 6) is 1.42. The van der Waals surface area contributed by atoms with E-state index < -0.39 is 0 Å². The Morgan fingerprint density at radius 3 is 1.47 bits per heavy atom. The fourth-order valence-electron chi connectivity index (χ4n) is 4.16.